The maximum atomic E-state index is 12.9. The minimum atomic E-state index is -2.69. The smallest absolute Gasteiger partial charge is 0.272 e. The molecule has 0 aromatic heterocycles. The van der Waals surface area contributed by atoms with Crippen LogP contribution in [0.15, 0.2) is 0 Å². The average molecular weight is 204 g/mol. The summed E-state index contributed by atoms with van der Waals surface area (Å²) in [7, 11) is 0. The molecule has 14 heavy (non-hydrogen) atoms. The van der Waals surface area contributed by atoms with Crippen LogP contribution in [0.1, 0.15) is 19.3 Å². The minimum absolute atomic E-state index is 0.148. The van der Waals surface area contributed by atoms with Gasteiger partial charge in [-0.15, -0.1) is 0 Å². The topological polar surface area (TPSA) is 29.3 Å². The van der Waals surface area contributed by atoms with Crippen LogP contribution in [0, 0.1) is 11.8 Å². The van der Waals surface area contributed by atoms with Crippen LogP contribution >= 0.6 is 0 Å². The van der Waals surface area contributed by atoms with Crippen LogP contribution < -0.4 is 5.73 Å². The van der Waals surface area contributed by atoms with Crippen molar-refractivity contribution in [2.45, 2.75) is 25.2 Å². The standard InChI is InChI=1S/C10H18F2N2/c11-10(12,6-13)7-14-4-9(5-14)3-8-1-2-8/h8-9H,1-7,13H2. The van der Waals surface area contributed by atoms with Gasteiger partial charge in [0.25, 0.3) is 5.92 Å². The molecule has 2 nitrogen and oxygen atoms in total. The summed E-state index contributed by atoms with van der Waals surface area (Å²) in [6, 6.07) is 0. The van der Waals surface area contributed by atoms with Crippen molar-refractivity contribution in [3.63, 3.8) is 0 Å². The molecule has 2 N–H and O–H groups in total. The van der Waals surface area contributed by atoms with E-state index in [4.69, 9.17) is 5.73 Å². The lowest BCUT2D eigenvalue weighted by molar-refractivity contribution is -0.0546. The molecule has 0 radical (unpaired) electrons. The number of hydrogen-bond acceptors (Lipinski definition) is 2. The van der Waals surface area contributed by atoms with Crippen molar-refractivity contribution < 1.29 is 8.78 Å². The minimum Gasteiger partial charge on any atom is -0.325 e. The van der Waals surface area contributed by atoms with Gasteiger partial charge in [-0.3, -0.25) is 4.90 Å². The molecule has 1 heterocycles. The first-order valence-corrected chi connectivity index (χ1v) is 5.39. The van der Waals surface area contributed by atoms with Crippen LogP contribution in [0.25, 0.3) is 0 Å². The Hall–Kier alpha value is -0.220. The average Bonchev–Trinajstić information content (AvgIpc) is 2.84. The van der Waals surface area contributed by atoms with Gasteiger partial charge in [-0.2, -0.15) is 0 Å². The zero-order chi connectivity index (χ0) is 10.2. The van der Waals surface area contributed by atoms with E-state index in [0.717, 1.165) is 19.0 Å². The van der Waals surface area contributed by atoms with E-state index in [0.29, 0.717) is 5.92 Å². The number of alkyl halides is 2. The molecule has 82 valence electrons. The number of hydrogen-bond donors (Lipinski definition) is 1. The Labute approximate surface area is 83.4 Å². The second-order valence-corrected chi connectivity index (χ2v) is 4.80. The molecule has 2 aliphatic rings. The van der Waals surface area contributed by atoms with Crippen LogP contribution in [0.3, 0.4) is 0 Å². The lowest BCUT2D eigenvalue weighted by Crippen LogP contribution is -2.53. The van der Waals surface area contributed by atoms with Crippen LogP contribution in [-0.2, 0) is 0 Å². The summed E-state index contributed by atoms with van der Waals surface area (Å²) in [6.45, 7) is 1.03. The molecular formula is C10H18F2N2. The van der Waals surface area contributed by atoms with E-state index < -0.39 is 12.5 Å². The van der Waals surface area contributed by atoms with Crippen molar-refractivity contribution in [2.75, 3.05) is 26.2 Å². The fraction of sp³-hybridized carbons (Fsp3) is 1.00. The van der Waals surface area contributed by atoms with Gasteiger partial charge >= 0.3 is 0 Å². The van der Waals surface area contributed by atoms with Gasteiger partial charge in [-0.1, -0.05) is 12.8 Å². The van der Waals surface area contributed by atoms with Crippen LogP contribution in [0.2, 0.25) is 0 Å². The fourth-order valence-corrected chi connectivity index (χ4v) is 2.17. The highest BCUT2D eigenvalue weighted by Crippen LogP contribution is 2.38. The monoisotopic (exact) mass is 204 g/mol. The summed E-state index contributed by atoms with van der Waals surface area (Å²) in [5.41, 5.74) is 4.98. The number of rotatable bonds is 5. The van der Waals surface area contributed by atoms with Gasteiger partial charge in [0, 0.05) is 13.1 Å². The molecular weight excluding hydrogens is 186 g/mol. The molecule has 1 saturated carbocycles. The largest absolute Gasteiger partial charge is 0.325 e. The summed E-state index contributed by atoms with van der Waals surface area (Å²) in [4.78, 5) is 1.82. The highest BCUT2D eigenvalue weighted by molar-refractivity contribution is 4.88. The predicted molar refractivity (Wildman–Crippen MR) is 51.3 cm³/mol. The fourth-order valence-electron chi connectivity index (χ4n) is 2.17. The molecule has 1 aliphatic heterocycles. The summed E-state index contributed by atoms with van der Waals surface area (Å²) in [6.07, 6.45) is 3.97. The molecule has 0 spiro atoms. The number of nitrogens with zero attached hydrogens (tertiary/aromatic N) is 1. The molecule has 4 heteroatoms. The summed E-state index contributed by atoms with van der Waals surface area (Å²) in [5.74, 6) is -1.10. The van der Waals surface area contributed by atoms with E-state index >= 15 is 0 Å². The maximum absolute atomic E-state index is 12.9. The molecule has 0 atom stereocenters. The Balaban J connectivity index is 1.62. The van der Waals surface area contributed by atoms with Crippen LogP contribution in [-0.4, -0.2) is 37.0 Å². The van der Waals surface area contributed by atoms with E-state index in [1.807, 2.05) is 4.90 Å². The molecule has 2 fully saturated rings. The van der Waals surface area contributed by atoms with Gasteiger partial charge < -0.3 is 5.73 Å². The number of nitrogens with two attached hydrogens (primary N) is 1. The Bertz CT molecular complexity index is 198. The van der Waals surface area contributed by atoms with Crippen molar-refractivity contribution in [3.05, 3.63) is 0 Å². The molecule has 0 bridgehead atoms. The van der Waals surface area contributed by atoms with E-state index in [2.05, 4.69) is 0 Å². The third-order valence-corrected chi connectivity index (χ3v) is 3.15. The second-order valence-electron chi connectivity index (χ2n) is 4.80. The van der Waals surface area contributed by atoms with E-state index in [1.165, 1.54) is 19.3 Å². The van der Waals surface area contributed by atoms with Gasteiger partial charge in [0.05, 0.1) is 13.1 Å². The molecule has 1 saturated heterocycles. The SMILES string of the molecule is NCC(F)(F)CN1CC(CC2CC2)C1. The Morgan fingerprint density at radius 1 is 1.21 bits per heavy atom. The first kappa shape index (κ1) is 10.3. The number of halogens is 2. The predicted octanol–water partition coefficient (Wildman–Crippen LogP) is 1.31. The summed E-state index contributed by atoms with van der Waals surface area (Å²) < 4.78 is 25.7. The van der Waals surface area contributed by atoms with Gasteiger partial charge in [0.2, 0.25) is 0 Å². The Morgan fingerprint density at radius 3 is 2.36 bits per heavy atom. The molecule has 0 amide bonds. The zero-order valence-corrected chi connectivity index (χ0v) is 8.38. The molecule has 0 aromatic rings. The van der Waals surface area contributed by atoms with E-state index in [-0.39, 0.29) is 6.54 Å². The quantitative estimate of drug-likeness (QED) is 0.731. The van der Waals surface area contributed by atoms with Crippen LogP contribution in [0.5, 0.6) is 0 Å². The normalized spacial score (nSPS) is 25.1. The molecule has 0 unspecified atom stereocenters. The third-order valence-electron chi connectivity index (χ3n) is 3.15. The maximum Gasteiger partial charge on any atom is 0.272 e. The van der Waals surface area contributed by atoms with Crippen molar-refractivity contribution in [2.24, 2.45) is 17.6 Å². The van der Waals surface area contributed by atoms with E-state index in [9.17, 15) is 8.78 Å². The summed E-state index contributed by atoms with van der Waals surface area (Å²) >= 11 is 0. The van der Waals surface area contributed by atoms with Gasteiger partial charge in [0.1, 0.15) is 0 Å². The van der Waals surface area contributed by atoms with Crippen molar-refractivity contribution >= 4 is 0 Å². The van der Waals surface area contributed by atoms with Gasteiger partial charge in [0.15, 0.2) is 0 Å². The van der Waals surface area contributed by atoms with E-state index in [1.54, 1.807) is 0 Å². The first-order valence-electron chi connectivity index (χ1n) is 5.39. The first-order chi connectivity index (χ1) is 6.59. The van der Waals surface area contributed by atoms with Gasteiger partial charge in [-0.25, -0.2) is 8.78 Å². The van der Waals surface area contributed by atoms with Crippen LogP contribution in [0.4, 0.5) is 8.78 Å². The lowest BCUT2D eigenvalue weighted by atomic mass is 9.93. The Kier molecular flexibility index (Phi) is 2.75. The third kappa shape index (κ3) is 2.64. The highest BCUT2D eigenvalue weighted by atomic mass is 19.3. The molecule has 2 rings (SSSR count). The molecule has 0 aromatic carbocycles. The van der Waals surface area contributed by atoms with Crippen molar-refractivity contribution in [1.82, 2.24) is 4.90 Å². The van der Waals surface area contributed by atoms with Crippen molar-refractivity contribution in [3.8, 4) is 0 Å². The summed E-state index contributed by atoms with van der Waals surface area (Å²) in [5, 5.41) is 0. The Morgan fingerprint density at radius 2 is 1.86 bits per heavy atom. The van der Waals surface area contributed by atoms with Crippen molar-refractivity contribution in [1.29, 1.82) is 0 Å². The highest BCUT2D eigenvalue weighted by Gasteiger charge is 2.38. The zero-order valence-electron chi connectivity index (χ0n) is 8.38. The number of likely N-dealkylation sites (tertiary alicyclic amines) is 1. The second kappa shape index (κ2) is 3.74. The lowest BCUT2D eigenvalue weighted by Gasteiger charge is -2.41. The molecule has 1 aliphatic carbocycles. The van der Waals surface area contributed by atoms with Gasteiger partial charge in [-0.05, 0) is 18.3 Å².